The fraction of sp³-hybridized carbons (Fsp3) is 1.00. The molecule has 1 nitrogen and oxygen atoms in total. The highest BCUT2D eigenvalue weighted by molar-refractivity contribution is 4.85. The van der Waals surface area contributed by atoms with Crippen LogP contribution in [-0.4, -0.2) is 12.6 Å². The van der Waals surface area contributed by atoms with Crippen LogP contribution in [0.15, 0.2) is 0 Å². The van der Waals surface area contributed by atoms with E-state index in [2.05, 4.69) is 33.0 Å². The summed E-state index contributed by atoms with van der Waals surface area (Å²) in [6.07, 6.45) is 12.0. The first-order valence-electron chi connectivity index (χ1n) is 9.29. The minimum atomic E-state index is 0.643. The van der Waals surface area contributed by atoms with Crippen molar-refractivity contribution in [3.8, 4) is 0 Å². The molecule has 3 unspecified atom stereocenters. The van der Waals surface area contributed by atoms with E-state index < -0.39 is 0 Å². The Balaban J connectivity index is 1.90. The molecule has 20 heavy (non-hydrogen) atoms. The standard InChI is InChI=1S/C19H37N/c1-14(2)17-9-10-18(13-20-15(3)4)19(12-17)11-16-7-5-6-8-16/h14-20H,5-13H2,1-4H3. The van der Waals surface area contributed by atoms with Crippen LogP contribution in [0, 0.1) is 29.6 Å². The van der Waals surface area contributed by atoms with Crippen molar-refractivity contribution in [2.45, 2.75) is 85.1 Å². The summed E-state index contributed by atoms with van der Waals surface area (Å²) in [7, 11) is 0. The molecule has 1 heteroatoms. The Bertz CT molecular complexity index is 263. The lowest BCUT2D eigenvalue weighted by molar-refractivity contribution is 0.122. The van der Waals surface area contributed by atoms with Gasteiger partial charge in [0.2, 0.25) is 0 Å². The van der Waals surface area contributed by atoms with Crippen molar-refractivity contribution in [2.24, 2.45) is 29.6 Å². The monoisotopic (exact) mass is 279 g/mol. The molecule has 0 amide bonds. The summed E-state index contributed by atoms with van der Waals surface area (Å²) >= 11 is 0. The molecule has 3 atom stereocenters. The summed E-state index contributed by atoms with van der Waals surface area (Å²) < 4.78 is 0. The highest BCUT2D eigenvalue weighted by atomic mass is 14.9. The second-order valence-electron chi connectivity index (χ2n) is 8.29. The first-order chi connectivity index (χ1) is 9.56. The maximum Gasteiger partial charge on any atom is 0.00104 e. The second kappa shape index (κ2) is 7.82. The van der Waals surface area contributed by atoms with Gasteiger partial charge in [0, 0.05) is 6.04 Å². The Kier molecular flexibility index (Phi) is 6.39. The van der Waals surface area contributed by atoms with Gasteiger partial charge in [-0.2, -0.15) is 0 Å². The number of hydrogen-bond acceptors (Lipinski definition) is 1. The highest BCUT2D eigenvalue weighted by Crippen LogP contribution is 2.42. The molecule has 0 aromatic heterocycles. The molecule has 2 fully saturated rings. The fourth-order valence-electron chi connectivity index (χ4n) is 4.59. The SMILES string of the molecule is CC(C)NCC1CCC(C(C)C)CC1CC1CCCC1. The molecule has 2 saturated carbocycles. The van der Waals surface area contributed by atoms with Gasteiger partial charge in [-0.05, 0) is 61.8 Å². The number of rotatable bonds is 6. The Labute approximate surface area is 127 Å². The summed E-state index contributed by atoms with van der Waals surface area (Å²) in [5.74, 6) is 4.91. The molecule has 1 N–H and O–H groups in total. The zero-order valence-electron chi connectivity index (χ0n) is 14.3. The van der Waals surface area contributed by atoms with Gasteiger partial charge in [-0.25, -0.2) is 0 Å². The van der Waals surface area contributed by atoms with Crippen molar-refractivity contribution in [3.05, 3.63) is 0 Å². The summed E-state index contributed by atoms with van der Waals surface area (Å²) in [5.41, 5.74) is 0. The summed E-state index contributed by atoms with van der Waals surface area (Å²) in [4.78, 5) is 0. The van der Waals surface area contributed by atoms with E-state index in [1.54, 1.807) is 0 Å². The topological polar surface area (TPSA) is 12.0 Å². The fourth-order valence-corrected chi connectivity index (χ4v) is 4.59. The Morgan fingerprint density at radius 1 is 0.900 bits per heavy atom. The minimum Gasteiger partial charge on any atom is -0.314 e. The van der Waals surface area contributed by atoms with Crippen LogP contribution < -0.4 is 5.32 Å². The van der Waals surface area contributed by atoms with E-state index in [4.69, 9.17) is 0 Å². The van der Waals surface area contributed by atoms with Gasteiger partial charge in [0.1, 0.15) is 0 Å². The minimum absolute atomic E-state index is 0.643. The smallest absolute Gasteiger partial charge is 0.00104 e. The lowest BCUT2D eigenvalue weighted by Gasteiger charge is -2.39. The van der Waals surface area contributed by atoms with Crippen LogP contribution in [0.4, 0.5) is 0 Å². The van der Waals surface area contributed by atoms with E-state index in [-0.39, 0.29) is 0 Å². The van der Waals surface area contributed by atoms with Gasteiger partial charge in [0.15, 0.2) is 0 Å². The molecule has 0 radical (unpaired) electrons. The van der Waals surface area contributed by atoms with Crippen molar-refractivity contribution >= 4 is 0 Å². The molecule has 0 aliphatic heterocycles. The van der Waals surface area contributed by atoms with Crippen LogP contribution >= 0.6 is 0 Å². The van der Waals surface area contributed by atoms with E-state index >= 15 is 0 Å². The summed E-state index contributed by atoms with van der Waals surface area (Å²) in [5, 5.41) is 3.71. The lowest BCUT2D eigenvalue weighted by Crippen LogP contribution is -2.37. The van der Waals surface area contributed by atoms with Gasteiger partial charge < -0.3 is 5.32 Å². The maximum absolute atomic E-state index is 3.71. The van der Waals surface area contributed by atoms with E-state index in [1.807, 2.05) is 0 Å². The van der Waals surface area contributed by atoms with Crippen LogP contribution in [-0.2, 0) is 0 Å². The molecule has 2 aliphatic rings. The van der Waals surface area contributed by atoms with Crippen molar-refractivity contribution in [1.82, 2.24) is 5.32 Å². The van der Waals surface area contributed by atoms with Gasteiger partial charge in [-0.1, -0.05) is 53.4 Å². The normalized spacial score (nSPS) is 32.4. The maximum atomic E-state index is 3.71. The molecular formula is C19H37N. The molecule has 2 rings (SSSR count). The van der Waals surface area contributed by atoms with E-state index in [0.29, 0.717) is 6.04 Å². The third-order valence-corrected chi connectivity index (χ3v) is 6.02. The number of hydrogen-bond donors (Lipinski definition) is 1. The quantitative estimate of drug-likeness (QED) is 0.700. The largest absolute Gasteiger partial charge is 0.314 e. The molecule has 0 saturated heterocycles. The predicted molar refractivity (Wildman–Crippen MR) is 88.9 cm³/mol. The van der Waals surface area contributed by atoms with Crippen LogP contribution in [0.3, 0.4) is 0 Å². The average Bonchev–Trinajstić information content (AvgIpc) is 2.89. The molecule has 2 aliphatic carbocycles. The van der Waals surface area contributed by atoms with Crippen LogP contribution in [0.5, 0.6) is 0 Å². The van der Waals surface area contributed by atoms with Crippen molar-refractivity contribution in [2.75, 3.05) is 6.54 Å². The molecule has 0 heterocycles. The van der Waals surface area contributed by atoms with E-state index in [1.165, 1.54) is 57.9 Å². The second-order valence-corrected chi connectivity index (χ2v) is 8.29. The van der Waals surface area contributed by atoms with Crippen LogP contribution in [0.2, 0.25) is 0 Å². The molecule has 0 spiro atoms. The first-order valence-corrected chi connectivity index (χ1v) is 9.29. The highest BCUT2D eigenvalue weighted by Gasteiger charge is 2.33. The van der Waals surface area contributed by atoms with Crippen LogP contribution in [0.1, 0.15) is 79.1 Å². The van der Waals surface area contributed by atoms with Gasteiger partial charge in [0.25, 0.3) is 0 Å². The summed E-state index contributed by atoms with van der Waals surface area (Å²) in [6, 6.07) is 0.643. The van der Waals surface area contributed by atoms with Gasteiger partial charge in [-0.3, -0.25) is 0 Å². The van der Waals surface area contributed by atoms with Crippen LogP contribution in [0.25, 0.3) is 0 Å². The summed E-state index contributed by atoms with van der Waals surface area (Å²) in [6.45, 7) is 10.7. The van der Waals surface area contributed by atoms with Gasteiger partial charge >= 0.3 is 0 Å². The molecule has 118 valence electrons. The molecule has 0 bridgehead atoms. The number of nitrogens with one attached hydrogen (secondary N) is 1. The third kappa shape index (κ3) is 4.76. The van der Waals surface area contributed by atoms with E-state index in [9.17, 15) is 0 Å². The average molecular weight is 280 g/mol. The van der Waals surface area contributed by atoms with Gasteiger partial charge in [0.05, 0.1) is 0 Å². The van der Waals surface area contributed by atoms with Gasteiger partial charge in [-0.15, -0.1) is 0 Å². The zero-order chi connectivity index (χ0) is 14.5. The van der Waals surface area contributed by atoms with Crippen molar-refractivity contribution in [1.29, 1.82) is 0 Å². The first kappa shape index (κ1) is 16.3. The predicted octanol–water partition coefficient (Wildman–Crippen LogP) is 5.25. The molecule has 0 aromatic rings. The Hall–Kier alpha value is -0.0400. The zero-order valence-corrected chi connectivity index (χ0v) is 14.3. The lowest BCUT2D eigenvalue weighted by atomic mass is 9.68. The molecule has 0 aromatic carbocycles. The molecular weight excluding hydrogens is 242 g/mol. The Morgan fingerprint density at radius 2 is 1.60 bits per heavy atom. The Morgan fingerprint density at radius 3 is 2.20 bits per heavy atom. The third-order valence-electron chi connectivity index (χ3n) is 6.02. The van der Waals surface area contributed by atoms with Crippen molar-refractivity contribution < 1.29 is 0 Å². The van der Waals surface area contributed by atoms with E-state index in [0.717, 1.165) is 29.6 Å². The van der Waals surface area contributed by atoms with Crippen molar-refractivity contribution in [3.63, 3.8) is 0 Å².